The largest absolute Gasteiger partial charge is 0.508 e. The molecule has 0 atom stereocenters. The number of fused-ring (bicyclic) bond motifs is 1. The van der Waals surface area contributed by atoms with Gasteiger partial charge in [-0.15, -0.1) is 0 Å². The highest BCUT2D eigenvalue weighted by molar-refractivity contribution is 6.14. The van der Waals surface area contributed by atoms with Crippen LogP contribution in [-0.4, -0.2) is 23.1 Å². The normalized spacial score (nSPS) is 14.9. The molecule has 5 heteroatoms. The fraction of sp³-hybridized carbons (Fsp3) is 0.0625. The molecule has 5 nitrogen and oxygen atoms in total. The van der Waals surface area contributed by atoms with Gasteiger partial charge in [-0.1, -0.05) is 0 Å². The van der Waals surface area contributed by atoms with Crippen LogP contribution < -0.4 is 9.47 Å². The molecule has 0 saturated carbocycles. The summed E-state index contributed by atoms with van der Waals surface area (Å²) in [5.74, 6) is 0.734. The van der Waals surface area contributed by atoms with E-state index in [9.17, 15) is 15.0 Å². The summed E-state index contributed by atoms with van der Waals surface area (Å²) in [7, 11) is 1.53. The summed E-state index contributed by atoms with van der Waals surface area (Å²) in [6.45, 7) is 0. The molecule has 0 amide bonds. The molecular formula is C16H12O5. The van der Waals surface area contributed by atoms with E-state index in [1.807, 2.05) is 0 Å². The van der Waals surface area contributed by atoms with Crippen LogP contribution in [0.4, 0.5) is 0 Å². The third kappa shape index (κ3) is 2.29. The number of carbonyl (C=O) groups excluding carboxylic acids is 1. The number of hydrogen-bond donors (Lipinski definition) is 2. The van der Waals surface area contributed by atoms with Crippen LogP contribution >= 0.6 is 0 Å². The smallest absolute Gasteiger partial charge is 0.231 e. The van der Waals surface area contributed by atoms with Crippen LogP contribution in [0.3, 0.4) is 0 Å². The van der Waals surface area contributed by atoms with E-state index in [0.29, 0.717) is 22.6 Å². The Morgan fingerprint density at radius 3 is 2.71 bits per heavy atom. The molecule has 0 aromatic heterocycles. The molecule has 106 valence electrons. The average molecular weight is 284 g/mol. The van der Waals surface area contributed by atoms with Gasteiger partial charge in [0, 0.05) is 11.6 Å². The molecule has 2 aromatic rings. The van der Waals surface area contributed by atoms with Gasteiger partial charge in [0.25, 0.3) is 0 Å². The monoisotopic (exact) mass is 284 g/mol. The molecule has 0 bridgehead atoms. The maximum atomic E-state index is 12.2. The molecule has 0 saturated heterocycles. The van der Waals surface area contributed by atoms with Crippen LogP contribution in [0.2, 0.25) is 0 Å². The van der Waals surface area contributed by atoms with Crippen LogP contribution in [0.25, 0.3) is 6.08 Å². The van der Waals surface area contributed by atoms with E-state index in [1.165, 1.54) is 31.4 Å². The first-order valence-electron chi connectivity index (χ1n) is 6.23. The minimum atomic E-state index is -0.282. The van der Waals surface area contributed by atoms with E-state index >= 15 is 0 Å². The lowest BCUT2D eigenvalue weighted by molar-refractivity contribution is 0.101. The van der Waals surface area contributed by atoms with Gasteiger partial charge in [-0.25, -0.2) is 0 Å². The first-order chi connectivity index (χ1) is 10.1. The van der Waals surface area contributed by atoms with Gasteiger partial charge in [-0.3, -0.25) is 4.79 Å². The van der Waals surface area contributed by atoms with Gasteiger partial charge in [0.2, 0.25) is 5.78 Å². The SMILES string of the molecule is COc1ccc2c(c1)O/C(=C\c1cc(O)ccc1O)C2=O. The molecular weight excluding hydrogens is 272 g/mol. The third-order valence-corrected chi connectivity index (χ3v) is 3.17. The number of ether oxygens (including phenoxy) is 2. The van der Waals surface area contributed by atoms with Gasteiger partial charge >= 0.3 is 0 Å². The van der Waals surface area contributed by atoms with Crippen molar-refractivity contribution in [1.82, 2.24) is 0 Å². The molecule has 1 heterocycles. The first kappa shape index (κ1) is 13.1. The van der Waals surface area contributed by atoms with Gasteiger partial charge in [0.1, 0.15) is 23.0 Å². The second kappa shape index (κ2) is 4.86. The standard InChI is InChI=1S/C16H12O5/c1-20-11-3-4-12-14(8-11)21-15(16(12)19)7-9-6-10(17)2-5-13(9)18/h2-8,17-18H,1H3/b15-7-. The first-order valence-corrected chi connectivity index (χ1v) is 6.23. The van der Waals surface area contributed by atoms with Crippen molar-refractivity contribution in [1.29, 1.82) is 0 Å². The number of benzene rings is 2. The molecule has 1 aliphatic rings. The molecule has 0 aliphatic carbocycles. The molecule has 2 aromatic carbocycles. The van der Waals surface area contributed by atoms with Crippen molar-refractivity contribution in [3.8, 4) is 23.0 Å². The number of ketones is 1. The molecule has 1 aliphatic heterocycles. The number of methoxy groups -OCH3 is 1. The van der Waals surface area contributed by atoms with Crippen LogP contribution in [0.1, 0.15) is 15.9 Å². The highest BCUT2D eigenvalue weighted by atomic mass is 16.5. The molecule has 0 spiro atoms. The zero-order chi connectivity index (χ0) is 15.0. The summed E-state index contributed by atoms with van der Waals surface area (Å²) < 4.78 is 10.6. The van der Waals surface area contributed by atoms with E-state index in [0.717, 1.165) is 0 Å². The Morgan fingerprint density at radius 2 is 1.95 bits per heavy atom. The second-order valence-electron chi connectivity index (χ2n) is 4.54. The number of aromatic hydroxyl groups is 2. The molecule has 3 rings (SSSR count). The van der Waals surface area contributed by atoms with E-state index in [1.54, 1.807) is 18.2 Å². The van der Waals surface area contributed by atoms with E-state index in [2.05, 4.69) is 0 Å². The Labute approximate surface area is 120 Å². The van der Waals surface area contributed by atoms with Crippen molar-refractivity contribution in [2.24, 2.45) is 0 Å². The molecule has 0 unspecified atom stereocenters. The number of phenols is 2. The predicted octanol–water partition coefficient (Wildman–Crippen LogP) is 2.72. The number of phenolic OH excluding ortho intramolecular Hbond substituents is 2. The molecule has 2 N–H and O–H groups in total. The highest BCUT2D eigenvalue weighted by Gasteiger charge is 2.27. The Kier molecular flexibility index (Phi) is 3.02. The minimum absolute atomic E-state index is 0.00993. The minimum Gasteiger partial charge on any atom is -0.508 e. The Bertz CT molecular complexity index is 761. The summed E-state index contributed by atoms with van der Waals surface area (Å²) in [5, 5.41) is 19.2. The number of hydrogen-bond acceptors (Lipinski definition) is 5. The van der Waals surface area contributed by atoms with Crippen molar-refractivity contribution in [3.05, 3.63) is 53.3 Å². The summed E-state index contributed by atoms with van der Waals surface area (Å²) in [6, 6.07) is 8.97. The van der Waals surface area contributed by atoms with Crippen molar-refractivity contribution in [3.63, 3.8) is 0 Å². The van der Waals surface area contributed by atoms with Crippen molar-refractivity contribution in [2.75, 3.05) is 7.11 Å². The molecule has 0 fully saturated rings. The Morgan fingerprint density at radius 1 is 1.14 bits per heavy atom. The van der Waals surface area contributed by atoms with Crippen molar-refractivity contribution < 1.29 is 24.5 Å². The average Bonchev–Trinajstić information content (AvgIpc) is 2.79. The topological polar surface area (TPSA) is 76.0 Å². The zero-order valence-corrected chi connectivity index (χ0v) is 11.2. The predicted molar refractivity (Wildman–Crippen MR) is 75.7 cm³/mol. The quantitative estimate of drug-likeness (QED) is 0.655. The van der Waals surface area contributed by atoms with Gasteiger partial charge < -0.3 is 19.7 Å². The van der Waals surface area contributed by atoms with E-state index < -0.39 is 0 Å². The summed E-state index contributed by atoms with van der Waals surface area (Å²) in [4.78, 5) is 12.2. The van der Waals surface area contributed by atoms with Gasteiger partial charge in [0.15, 0.2) is 5.76 Å². The van der Waals surface area contributed by atoms with Crippen molar-refractivity contribution >= 4 is 11.9 Å². The van der Waals surface area contributed by atoms with Gasteiger partial charge in [-0.2, -0.15) is 0 Å². The number of allylic oxidation sites excluding steroid dienone is 1. The maximum Gasteiger partial charge on any atom is 0.231 e. The fourth-order valence-electron chi connectivity index (χ4n) is 2.09. The van der Waals surface area contributed by atoms with Gasteiger partial charge in [0.05, 0.1) is 12.7 Å². The van der Waals surface area contributed by atoms with Crippen LogP contribution in [0.15, 0.2) is 42.2 Å². The van der Waals surface area contributed by atoms with Gasteiger partial charge in [-0.05, 0) is 36.4 Å². The third-order valence-electron chi connectivity index (χ3n) is 3.17. The molecule has 21 heavy (non-hydrogen) atoms. The van der Waals surface area contributed by atoms with Crippen LogP contribution in [-0.2, 0) is 0 Å². The lowest BCUT2D eigenvalue weighted by Gasteiger charge is -2.02. The fourth-order valence-corrected chi connectivity index (χ4v) is 2.09. The summed E-state index contributed by atoms with van der Waals surface area (Å²) in [6.07, 6.45) is 1.39. The number of rotatable bonds is 2. The zero-order valence-electron chi connectivity index (χ0n) is 11.2. The van der Waals surface area contributed by atoms with E-state index in [-0.39, 0.29) is 23.0 Å². The highest BCUT2D eigenvalue weighted by Crippen LogP contribution is 2.35. The van der Waals surface area contributed by atoms with Crippen LogP contribution in [0, 0.1) is 0 Å². The van der Waals surface area contributed by atoms with E-state index in [4.69, 9.17) is 9.47 Å². The molecule has 0 radical (unpaired) electrons. The Hall–Kier alpha value is -2.95. The summed E-state index contributed by atoms with van der Waals surface area (Å²) >= 11 is 0. The lowest BCUT2D eigenvalue weighted by Crippen LogP contribution is -1.98. The Balaban J connectivity index is 2.00. The number of Topliss-reactive ketones (excluding diaryl/α,β-unsaturated/α-hetero) is 1. The lowest BCUT2D eigenvalue weighted by atomic mass is 10.1. The van der Waals surface area contributed by atoms with Crippen molar-refractivity contribution in [2.45, 2.75) is 0 Å². The van der Waals surface area contributed by atoms with Crippen LogP contribution in [0.5, 0.6) is 23.0 Å². The summed E-state index contributed by atoms with van der Waals surface area (Å²) in [5.41, 5.74) is 0.736. The second-order valence-corrected chi connectivity index (χ2v) is 4.54. The maximum absolute atomic E-state index is 12.2. The number of carbonyl (C=O) groups is 1.